The highest BCUT2D eigenvalue weighted by Gasteiger charge is 2.26. The maximum atomic E-state index is 12.4. The van der Waals surface area contributed by atoms with E-state index < -0.39 is 0 Å². The van der Waals surface area contributed by atoms with Crippen molar-refractivity contribution < 1.29 is 4.79 Å². The summed E-state index contributed by atoms with van der Waals surface area (Å²) in [5.74, 6) is 0.771. The minimum absolute atomic E-state index is 0.00100. The van der Waals surface area contributed by atoms with Crippen LogP contribution in [-0.4, -0.2) is 20.7 Å². The molecule has 0 fully saturated rings. The van der Waals surface area contributed by atoms with Gasteiger partial charge in [-0.3, -0.25) is 4.79 Å². The quantitative estimate of drug-likeness (QED) is 0.807. The van der Waals surface area contributed by atoms with Gasteiger partial charge in [0.05, 0.1) is 17.9 Å². The third kappa shape index (κ3) is 2.69. The van der Waals surface area contributed by atoms with Gasteiger partial charge < -0.3 is 5.32 Å². The van der Waals surface area contributed by atoms with Crippen molar-refractivity contribution in [3.63, 3.8) is 0 Å². The van der Waals surface area contributed by atoms with Crippen molar-refractivity contribution in [1.82, 2.24) is 20.1 Å². The minimum Gasteiger partial charge on any atom is -0.345 e. The van der Waals surface area contributed by atoms with Crippen LogP contribution in [0.3, 0.4) is 0 Å². The predicted octanol–water partition coefficient (Wildman–Crippen LogP) is 3.07. The van der Waals surface area contributed by atoms with Crippen LogP contribution in [0.15, 0.2) is 60.9 Å². The van der Waals surface area contributed by atoms with E-state index in [9.17, 15) is 4.79 Å². The fraction of sp³-hybridized carbons (Fsp3) is 0.211. The van der Waals surface area contributed by atoms with E-state index in [1.165, 1.54) is 0 Å². The molecule has 0 radical (unpaired) electrons. The standard InChI is InChI=1S/C19H18N4O/c24-19(14-7-2-1-3-8-14)22-16-9-6-10-17-15(16)13-21-23(17)18-11-4-5-12-20-18/h1-5,7-8,11-13,16H,6,9-10H2,(H,22,24)/t16-/m1/s1. The van der Waals surface area contributed by atoms with E-state index in [4.69, 9.17) is 0 Å². The monoisotopic (exact) mass is 318 g/mol. The van der Waals surface area contributed by atoms with Crippen LogP contribution in [-0.2, 0) is 6.42 Å². The van der Waals surface area contributed by atoms with Crippen LogP contribution in [0, 0.1) is 0 Å². The molecule has 3 aromatic rings. The second-order valence-electron chi connectivity index (χ2n) is 5.93. The number of nitrogens with one attached hydrogen (secondary N) is 1. The zero-order valence-electron chi connectivity index (χ0n) is 13.2. The summed E-state index contributed by atoms with van der Waals surface area (Å²) in [5, 5.41) is 7.64. The number of hydrogen-bond donors (Lipinski definition) is 1. The number of amides is 1. The molecule has 5 nitrogen and oxygen atoms in total. The molecular weight excluding hydrogens is 300 g/mol. The highest BCUT2D eigenvalue weighted by Crippen LogP contribution is 2.30. The molecule has 0 saturated carbocycles. The highest BCUT2D eigenvalue weighted by molar-refractivity contribution is 5.94. The molecule has 1 aliphatic rings. The SMILES string of the molecule is O=C(N[C@@H]1CCCc2c1cnn2-c1ccccn1)c1ccccc1. The fourth-order valence-corrected chi connectivity index (χ4v) is 3.21. The van der Waals surface area contributed by atoms with E-state index in [-0.39, 0.29) is 11.9 Å². The molecule has 0 spiro atoms. The fourth-order valence-electron chi connectivity index (χ4n) is 3.21. The number of carbonyl (C=O) groups excluding carboxylic acids is 1. The first-order chi connectivity index (χ1) is 11.8. The zero-order chi connectivity index (χ0) is 16.4. The van der Waals surface area contributed by atoms with Gasteiger partial charge in [-0.25, -0.2) is 9.67 Å². The minimum atomic E-state index is -0.0426. The van der Waals surface area contributed by atoms with E-state index in [2.05, 4.69) is 15.4 Å². The Bertz CT molecular complexity index is 842. The Balaban J connectivity index is 1.61. The largest absolute Gasteiger partial charge is 0.345 e. The molecule has 2 aromatic heterocycles. The summed E-state index contributed by atoms with van der Waals surface area (Å²) in [5.41, 5.74) is 2.91. The molecular formula is C19H18N4O. The summed E-state index contributed by atoms with van der Waals surface area (Å²) >= 11 is 0. The average molecular weight is 318 g/mol. The van der Waals surface area contributed by atoms with Crippen molar-refractivity contribution in [2.75, 3.05) is 0 Å². The second kappa shape index (κ2) is 6.28. The van der Waals surface area contributed by atoms with Gasteiger partial charge >= 0.3 is 0 Å². The van der Waals surface area contributed by atoms with E-state index in [1.54, 1.807) is 6.20 Å². The topological polar surface area (TPSA) is 59.8 Å². The molecule has 0 aliphatic heterocycles. The summed E-state index contributed by atoms with van der Waals surface area (Å²) in [6, 6.07) is 15.1. The van der Waals surface area contributed by atoms with Gasteiger partial charge in [0.2, 0.25) is 0 Å². The maximum Gasteiger partial charge on any atom is 0.251 e. The number of nitrogens with zero attached hydrogens (tertiary/aromatic N) is 3. The normalized spacial score (nSPS) is 16.4. The van der Waals surface area contributed by atoms with Crippen molar-refractivity contribution in [1.29, 1.82) is 0 Å². The first kappa shape index (κ1) is 14.6. The number of fused-ring (bicyclic) bond motifs is 1. The Labute approximate surface area is 140 Å². The molecule has 1 atom stereocenters. The van der Waals surface area contributed by atoms with Gasteiger partial charge in [-0.1, -0.05) is 24.3 Å². The van der Waals surface area contributed by atoms with Crippen molar-refractivity contribution in [3.05, 3.63) is 77.7 Å². The van der Waals surface area contributed by atoms with E-state index in [1.807, 2.05) is 59.4 Å². The van der Waals surface area contributed by atoms with Crippen molar-refractivity contribution >= 4 is 5.91 Å². The lowest BCUT2D eigenvalue weighted by molar-refractivity contribution is 0.0932. The first-order valence-corrected chi connectivity index (χ1v) is 8.17. The van der Waals surface area contributed by atoms with Crippen molar-refractivity contribution in [2.45, 2.75) is 25.3 Å². The molecule has 1 N–H and O–H groups in total. The van der Waals surface area contributed by atoms with Gasteiger partial charge in [-0.15, -0.1) is 0 Å². The smallest absolute Gasteiger partial charge is 0.251 e. The molecule has 1 aliphatic carbocycles. The Morgan fingerprint density at radius 2 is 1.96 bits per heavy atom. The van der Waals surface area contributed by atoms with Gasteiger partial charge in [0.15, 0.2) is 5.82 Å². The summed E-state index contributed by atoms with van der Waals surface area (Å²) < 4.78 is 1.89. The summed E-state index contributed by atoms with van der Waals surface area (Å²) in [6.45, 7) is 0. The van der Waals surface area contributed by atoms with Crippen molar-refractivity contribution in [3.8, 4) is 5.82 Å². The van der Waals surface area contributed by atoms with E-state index >= 15 is 0 Å². The third-order valence-electron chi connectivity index (χ3n) is 4.39. The number of benzene rings is 1. The van der Waals surface area contributed by atoms with Gasteiger partial charge in [-0.05, 0) is 43.5 Å². The number of hydrogen-bond acceptors (Lipinski definition) is 3. The van der Waals surface area contributed by atoms with Crippen LogP contribution in [0.5, 0.6) is 0 Å². The zero-order valence-corrected chi connectivity index (χ0v) is 13.2. The average Bonchev–Trinajstić information content (AvgIpc) is 3.08. The molecule has 1 amide bonds. The summed E-state index contributed by atoms with van der Waals surface area (Å²) in [7, 11) is 0. The Morgan fingerprint density at radius 1 is 1.12 bits per heavy atom. The van der Waals surface area contributed by atoms with Gasteiger partial charge in [0.1, 0.15) is 0 Å². The molecule has 5 heteroatoms. The predicted molar refractivity (Wildman–Crippen MR) is 90.9 cm³/mol. The van der Waals surface area contributed by atoms with Crippen LogP contribution in [0.4, 0.5) is 0 Å². The summed E-state index contributed by atoms with van der Waals surface area (Å²) in [4.78, 5) is 16.8. The van der Waals surface area contributed by atoms with Gasteiger partial charge in [0, 0.05) is 17.3 Å². The maximum absolute atomic E-state index is 12.4. The Kier molecular flexibility index (Phi) is 3.83. The molecule has 120 valence electrons. The molecule has 2 heterocycles. The van der Waals surface area contributed by atoms with Crippen LogP contribution < -0.4 is 5.32 Å². The second-order valence-corrected chi connectivity index (χ2v) is 5.93. The third-order valence-corrected chi connectivity index (χ3v) is 4.39. The molecule has 1 aromatic carbocycles. The lowest BCUT2D eigenvalue weighted by atomic mass is 9.92. The molecule has 0 unspecified atom stereocenters. The van der Waals surface area contributed by atoms with Crippen LogP contribution in [0.2, 0.25) is 0 Å². The van der Waals surface area contributed by atoms with Crippen LogP contribution >= 0.6 is 0 Å². The van der Waals surface area contributed by atoms with Crippen LogP contribution in [0.25, 0.3) is 5.82 Å². The number of aromatic nitrogens is 3. The van der Waals surface area contributed by atoms with Gasteiger partial charge in [0.25, 0.3) is 5.91 Å². The first-order valence-electron chi connectivity index (χ1n) is 8.17. The van der Waals surface area contributed by atoms with E-state index in [0.29, 0.717) is 5.56 Å². The Morgan fingerprint density at radius 3 is 2.75 bits per heavy atom. The molecule has 0 saturated heterocycles. The summed E-state index contributed by atoms with van der Waals surface area (Å²) in [6.07, 6.45) is 6.52. The van der Waals surface area contributed by atoms with Crippen LogP contribution in [0.1, 0.15) is 40.5 Å². The molecule has 4 rings (SSSR count). The lowest BCUT2D eigenvalue weighted by Crippen LogP contribution is -2.31. The highest BCUT2D eigenvalue weighted by atomic mass is 16.1. The number of pyridine rings is 1. The Hall–Kier alpha value is -2.95. The van der Waals surface area contributed by atoms with Gasteiger partial charge in [-0.2, -0.15) is 5.10 Å². The van der Waals surface area contributed by atoms with E-state index in [0.717, 1.165) is 36.3 Å². The molecule has 0 bridgehead atoms. The molecule has 24 heavy (non-hydrogen) atoms. The lowest BCUT2D eigenvalue weighted by Gasteiger charge is -2.24. The number of carbonyl (C=O) groups is 1. The van der Waals surface area contributed by atoms with Crippen molar-refractivity contribution in [2.24, 2.45) is 0 Å². The number of rotatable bonds is 3.